The highest BCUT2D eigenvalue weighted by Crippen LogP contribution is 2.04. The summed E-state index contributed by atoms with van der Waals surface area (Å²) in [6.45, 7) is 1.99. The summed E-state index contributed by atoms with van der Waals surface area (Å²) in [5, 5.41) is 11.6. The molecule has 1 rings (SSSR count). The maximum absolute atomic E-state index is 11.7. The Hall–Kier alpha value is -1.91. The lowest BCUT2D eigenvalue weighted by Crippen LogP contribution is -2.40. The third-order valence-corrected chi connectivity index (χ3v) is 2.87. The number of pyridine rings is 1. The smallest absolute Gasteiger partial charge is 0.326 e. The van der Waals surface area contributed by atoms with Crippen molar-refractivity contribution in [3.8, 4) is 0 Å². The Balaban J connectivity index is 2.38. The van der Waals surface area contributed by atoms with Crippen LogP contribution in [0.1, 0.15) is 38.2 Å². The molecule has 0 aromatic carbocycles. The van der Waals surface area contributed by atoms with Gasteiger partial charge in [-0.3, -0.25) is 9.78 Å². The summed E-state index contributed by atoms with van der Waals surface area (Å²) in [4.78, 5) is 26.6. The van der Waals surface area contributed by atoms with Gasteiger partial charge in [-0.05, 0) is 30.5 Å². The summed E-state index contributed by atoms with van der Waals surface area (Å²) >= 11 is 0. The van der Waals surface area contributed by atoms with Gasteiger partial charge in [-0.2, -0.15) is 0 Å². The molecule has 1 unspecified atom stereocenters. The Labute approximate surface area is 113 Å². The lowest BCUT2D eigenvalue weighted by atomic mass is 10.1. The fourth-order valence-corrected chi connectivity index (χ4v) is 1.74. The molecule has 1 heterocycles. The number of amides is 1. The molecule has 1 atom stereocenters. The largest absolute Gasteiger partial charge is 0.480 e. The Morgan fingerprint density at radius 1 is 1.37 bits per heavy atom. The average molecular weight is 264 g/mol. The number of carboxylic acids is 1. The van der Waals surface area contributed by atoms with Crippen LogP contribution in [0.4, 0.5) is 0 Å². The lowest BCUT2D eigenvalue weighted by molar-refractivity contribution is -0.142. The van der Waals surface area contributed by atoms with E-state index in [-0.39, 0.29) is 5.91 Å². The monoisotopic (exact) mass is 264 g/mol. The van der Waals surface area contributed by atoms with E-state index in [0.717, 1.165) is 18.4 Å². The van der Waals surface area contributed by atoms with Crippen LogP contribution in [0, 0.1) is 0 Å². The number of carbonyl (C=O) groups excluding carboxylic acids is 1. The fourth-order valence-electron chi connectivity index (χ4n) is 1.74. The van der Waals surface area contributed by atoms with Crippen LogP contribution in [0.15, 0.2) is 24.5 Å². The van der Waals surface area contributed by atoms with Gasteiger partial charge in [-0.1, -0.05) is 19.8 Å². The molecule has 0 aliphatic rings. The molecule has 19 heavy (non-hydrogen) atoms. The topological polar surface area (TPSA) is 79.3 Å². The molecule has 1 aromatic rings. The minimum atomic E-state index is -0.967. The van der Waals surface area contributed by atoms with Gasteiger partial charge in [0.1, 0.15) is 6.04 Å². The number of carboxylic acid groups (broad SMARTS) is 1. The highest BCUT2D eigenvalue weighted by Gasteiger charge is 2.18. The predicted octanol–water partition coefficient (Wildman–Crippen LogP) is 1.77. The first-order valence-electron chi connectivity index (χ1n) is 6.54. The van der Waals surface area contributed by atoms with Gasteiger partial charge in [-0.25, -0.2) is 4.79 Å². The molecule has 0 radical (unpaired) electrons. The second-order valence-corrected chi connectivity index (χ2v) is 4.46. The van der Waals surface area contributed by atoms with Gasteiger partial charge in [0.25, 0.3) is 0 Å². The van der Waals surface area contributed by atoms with Crippen molar-refractivity contribution in [3.05, 3.63) is 30.1 Å². The Morgan fingerprint density at radius 3 is 2.63 bits per heavy atom. The van der Waals surface area contributed by atoms with Crippen LogP contribution in [0.5, 0.6) is 0 Å². The minimum absolute atomic E-state index is 0.222. The van der Waals surface area contributed by atoms with Gasteiger partial charge >= 0.3 is 5.97 Å². The van der Waals surface area contributed by atoms with Crippen molar-refractivity contribution >= 4 is 11.9 Å². The van der Waals surface area contributed by atoms with Gasteiger partial charge in [0.05, 0.1) is 0 Å². The van der Waals surface area contributed by atoms with Crippen molar-refractivity contribution < 1.29 is 14.7 Å². The first-order valence-corrected chi connectivity index (χ1v) is 6.54. The number of aliphatic carboxylic acids is 1. The maximum atomic E-state index is 11.7. The van der Waals surface area contributed by atoms with Gasteiger partial charge in [0, 0.05) is 18.8 Å². The number of nitrogens with zero attached hydrogens (tertiary/aromatic N) is 1. The summed E-state index contributed by atoms with van der Waals surface area (Å²) in [6.07, 6.45) is 6.42. The van der Waals surface area contributed by atoms with Gasteiger partial charge < -0.3 is 10.4 Å². The van der Waals surface area contributed by atoms with Crippen LogP contribution in [0.3, 0.4) is 0 Å². The number of rotatable bonds is 8. The molecule has 1 aromatic heterocycles. The molecule has 0 saturated carbocycles. The Morgan fingerprint density at radius 2 is 2.05 bits per heavy atom. The highest BCUT2D eigenvalue weighted by atomic mass is 16.4. The van der Waals surface area contributed by atoms with Crippen molar-refractivity contribution in [3.63, 3.8) is 0 Å². The molecular weight excluding hydrogens is 244 g/mol. The van der Waals surface area contributed by atoms with Crippen LogP contribution in [-0.4, -0.2) is 28.0 Å². The van der Waals surface area contributed by atoms with Crippen molar-refractivity contribution in [1.82, 2.24) is 10.3 Å². The summed E-state index contributed by atoms with van der Waals surface area (Å²) in [6, 6.07) is 2.92. The molecule has 5 nitrogen and oxygen atoms in total. The SMILES string of the molecule is CCCCC(NC(=O)CCc1ccncc1)C(=O)O. The van der Waals surface area contributed by atoms with Gasteiger partial charge in [0.2, 0.25) is 5.91 Å². The molecule has 2 N–H and O–H groups in total. The number of aryl methyl sites for hydroxylation is 1. The molecule has 5 heteroatoms. The second kappa shape index (κ2) is 8.24. The van der Waals surface area contributed by atoms with E-state index in [9.17, 15) is 9.59 Å². The number of aromatic nitrogens is 1. The number of unbranched alkanes of at least 4 members (excludes halogenated alkanes) is 1. The van der Waals surface area contributed by atoms with Gasteiger partial charge in [-0.15, -0.1) is 0 Å². The van der Waals surface area contributed by atoms with Crippen molar-refractivity contribution in [2.24, 2.45) is 0 Å². The fraction of sp³-hybridized carbons (Fsp3) is 0.500. The molecule has 0 aliphatic carbocycles. The Kier molecular flexibility index (Phi) is 6.57. The first-order chi connectivity index (χ1) is 9.13. The van der Waals surface area contributed by atoms with Crippen LogP contribution in [0.2, 0.25) is 0 Å². The third-order valence-electron chi connectivity index (χ3n) is 2.87. The number of hydrogen-bond acceptors (Lipinski definition) is 3. The van der Waals surface area contributed by atoms with Crippen molar-refractivity contribution in [1.29, 1.82) is 0 Å². The molecule has 0 fully saturated rings. The van der Waals surface area contributed by atoms with Crippen molar-refractivity contribution in [2.75, 3.05) is 0 Å². The summed E-state index contributed by atoms with van der Waals surface area (Å²) in [7, 11) is 0. The number of hydrogen-bond donors (Lipinski definition) is 2. The quantitative estimate of drug-likeness (QED) is 0.750. The zero-order valence-corrected chi connectivity index (χ0v) is 11.1. The highest BCUT2D eigenvalue weighted by molar-refractivity contribution is 5.83. The Bertz CT molecular complexity index is 406. The number of carbonyl (C=O) groups is 2. The normalized spacial score (nSPS) is 11.8. The molecular formula is C14H20N2O3. The van der Waals surface area contributed by atoms with E-state index in [2.05, 4.69) is 10.3 Å². The lowest BCUT2D eigenvalue weighted by Gasteiger charge is -2.13. The third kappa shape index (κ3) is 5.99. The van der Waals surface area contributed by atoms with E-state index in [1.54, 1.807) is 12.4 Å². The molecule has 0 saturated heterocycles. The van der Waals surface area contributed by atoms with E-state index < -0.39 is 12.0 Å². The van der Waals surface area contributed by atoms with E-state index in [1.165, 1.54) is 0 Å². The van der Waals surface area contributed by atoms with E-state index >= 15 is 0 Å². The molecule has 0 aliphatic heterocycles. The predicted molar refractivity (Wildman–Crippen MR) is 71.6 cm³/mol. The average Bonchev–Trinajstić information content (AvgIpc) is 2.42. The van der Waals surface area contributed by atoms with Crippen molar-refractivity contribution in [2.45, 2.75) is 45.1 Å². The second-order valence-electron chi connectivity index (χ2n) is 4.46. The van der Waals surface area contributed by atoms with Crippen LogP contribution in [-0.2, 0) is 16.0 Å². The molecule has 0 spiro atoms. The zero-order chi connectivity index (χ0) is 14.1. The summed E-state index contributed by atoms with van der Waals surface area (Å²) < 4.78 is 0. The molecule has 1 amide bonds. The molecule has 104 valence electrons. The summed E-state index contributed by atoms with van der Waals surface area (Å²) in [5.74, 6) is -1.19. The minimum Gasteiger partial charge on any atom is -0.480 e. The van der Waals surface area contributed by atoms with Crippen LogP contribution in [0.25, 0.3) is 0 Å². The van der Waals surface area contributed by atoms with E-state index in [4.69, 9.17) is 5.11 Å². The first kappa shape index (κ1) is 15.1. The van der Waals surface area contributed by atoms with Crippen LogP contribution >= 0.6 is 0 Å². The number of nitrogens with one attached hydrogen (secondary N) is 1. The zero-order valence-electron chi connectivity index (χ0n) is 11.1. The van der Waals surface area contributed by atoms with E-state index in [0.29, 0.717) is 19.3 Å². The standard InChI is InChI=1S/C14H20N2O3/c1-2-3-4-12(14(18)19)16-13(17)6-5-11-7-9-15-10-8-11/h7-10,12H,2-6H2,1H3,(H,16,17)(H,18,19). The summed E-state index contributed by atoms with van der Waals surface area (Å²) in [5.41, 5.74) is 1.02. The van der Waals surface area contributed by atoms with E-state index in [1.807, 2.05) is 19.1 Å². The van der Waals surface area contributed by atoms with Gasteiger partial charge in [0.15, 0.2) is 0 Å². The van der Waals surface area contributed by atoms with Crippen LogP contribution < -0.4 is 5.32 Å². The molecule has 0 bridgehead atoms. The maximum Gasteiger partial charge on any atom is 0.326 e.